The summed E-state index contributed by atoms with van der Waals surface area (Å²) < 4.78 is 15.9. The monoisotopic (exact) mass is 398 g/mol. The lowest BCUT2D eigenvalue weighted by atomic mass is 9.88. The average molecular weight is 398 g/mol. The Balaban J connectivity index is 2.16. The van der Waals surface area contributed by atoms with Crippen LogP contribution in [0.25, 0.3) is 0 Å². The number of aliphatic hydroxyl groups excluding tert-OH is 7. The first kappa shape index (κ1) is 22.4. The van der Waals surface area contributed by atoms with Gasteiger partial charge in [-0.3, -0.25) is 4.79 Å². The minimum Gasteiger partial charge on any atom is -0.481 e. The lowest BCUT2D eigenvalue weighted by Gasteiger charge is -2.46. The quantitative estimate of drug-likeness (QED) is 0.213. The van der Waals surface area contributed by atoms with E-state index in [0.717, 1.165) is 0 Å². The third-order valence-corrected chi connectivity index (χ3v) is 4.92. The largest absolute Gasteiger partial charge is 0.481 e. The number of aliphatic hydroxyl groups is 7. The first-order chi connectivity index (χ1) is 12.6. The van der Waals surface area contributed by atoms with Crippen molar-refractivity contribution in [1.29, 1.82) is 0 Å². The van der Waals surface area contributed by atoms with Crippen LogP contribution in [-0.4, -0.2) is 121 Å². The van der Waals surface area contributed by atoms with Crippen LogP contribution in [0.5, 0.6) is 0 Å². The Labute approximate surface area is 154 Å². The normalized spacial score (nSPS) is 46.8. The summed E-state index contributed by atoms with van der Waals surface area (Å²) in [6.07, 6.45) is -15.4. The molecule has 0 radical (unpaired) electrons. The summed E-state index contributed by atoms with van der Waals surface area (Å²) in [5.74, 6) is -2.48. The molecule has 8 N–H and O–H groups in total. The van der Waals surface area contributed by atoms with E-state index < -0.39 is 86.3 Å². The highest BCUT2D eigenvalue weighted by atomic mass is 16.7. The molecule has 12 heteroatoms. The third kappa shape index (κ3) is 4.40. The van der Waals surface area contributed by atoms with Crippen molar-refractivity contribution in [1.82, 2.24) is 0 Å². The summed E-state index contributed by atoms with van der Waals surface area (Å²) in [5, 5.41) is 77.9. The molecule has 0 spiro atoms. The molecule has 2 saturated heterocycles. The lowest BCUT2D eigenvalue weighted by Crippen LogP contribution is -2.65. The number of carboxylic acid groups (broad SMARTS) is 1. The van der Waals surface area contributed by atoms with Crippen LogP contribution in [0.1, 0.15) is 6.92 Å². The van der Waals surface area contributed by atoms with E-state index in [-0.39, 0.29) is 0 Å². The highest BCUT2D eigenvalue weighted by molar-refractivity contribution is 5.70. The van der Waals surface area contributed by atoms with Gasteiger partial charge in [-0.2, -0.15) is 0 Å². The molecule has 3 unspecified atom stereocenters. The summed E-state index contributed by atoms with van der Waals surface area (Å²) in [5.41, 5.74) is 0. The van der Waals surface area contributed by atoms with Gasteiger partial charge in [0.15, 0.2) is 6.29 Å². The average Bonchev–Trinajstić information content (AvgIpc) is 2.65. The number of hydrogen-bond acceptors (Lipinski definition) is 11. The number of rotatable bonds is 6. The zero-order valence-electron chi connectivity index (χ0n) is 14.5. The summed E-state index contributed by atoms with van der Waals surface area (Å²) in [6.45, 7) is -0.149. The van der Waals surface area contributed by atoms with Gasteiger partial charge in [-0.05, 0) is 6.92 Å². The van der Waals surface area contributed by atoms with Crippen LogP contribution in [-0.2, 0) is 19.0 Å². The first-order valence-electron chi connectivity index (χ1n) is 8.45. The van der Waals surface area contributed by atoms with Crippen molar-refractivity contribution in [3.8, 4) is 0 Å². The molecular weight excluding hydrogens is 372 g/mol. The third-order valence-electron chi connectivity index (χ3n) is 4.92. The highest BCUT2D eigenvalue weighted by Crippen LogP contribution is 2.31. The number of carbonyl (C=O) groups is 1. The SMILES string of the molecule is CC(C(=O)O)C1O[C@H](CO)[C@@H](OC2O[C@H](CO)[C@H](O)[C@H](O)[C@H]2O)[C@H](O)[C@H]1O. The smallest absolute Gasteiger partial charge is 0.308 e. The van der Waals surface area contributed by atoms with Crippen LogP contribution in [0.2, 0.25) is 0 Å². The van der Waals surface area contributed by atoms with E-state index in [1.165, 1.54) is 6.92 Å². The predicted octanol–water partition coefficient (Wildman–Crippen LogP) is -4.63. The second-order valence-corrected chi connectivity index (χ2v) is 6.73. The Bertz CT molecular complexity index is 499. The van der Waals surface area contributed by atoms with E-state index >= 15 is 0 Å². The van der Waals surface area contributed by atoms with Gasteiger partial charge in [0.25, 0.3) is 0 Å². The minimum atomic E-state index is -1.76. The molecule has 2 aliphatic heterocycles. The Morgan fingerprint density at radius 2 is 1.48 bits per heavy atom. The van der Waals surface area contributed by atoms with Crippen LogP contribution in [0.3, 0.4) is 0 Å². The van der Waals surface area contributed by atoms with Crippen LogP contribution in [0.15, 0.2) is 0 Å². The molecule has 0 amide bonds. The van der Waals surface area contributed by atoms with E-state index in [1.54, 1.807) is 0 Å². The van der Waals surface area contributed by atoms with Crippen molar-refractivity contribution in [3.63, 3.8) is 0 Å². The molecule has 2 fully saturated rings. The molecule has 0 aliphatic carbocycles. The van der Waals surface area contributed by atoms with E-state index in [0.29, 0.717) is 0 Å². The van der Waals surface area contributed by atoms with E-state index in [4.69, 9.17) is 19.3 Å². The number of ether oxygens (including phenoxy) is 3. The topological polar surface area (TPSA) is 207 Å². The molecule has 11 atom stereocenters. The van der Waals surface area contributed by atoms with Crippen molar-refractivity contribution in [3.05, 3.63) is 0 Å². The molecule has 2 aliphatic rings. The van der Waals surface area contributed by atoms with Crippen molar-refractivity contribution < 1.29 is 59.9 Å². The van der Waals surface area contributed by atoms with Gasteiger partial charge in [-0.15, -0.1) is 0 Å². The molecule has 2 heterocycles. The van der Waals surface area contributed by atoms with Gasteiger partial charge in [-0.1, -0.05) is 0 Å². The molecule has 0 aromatic carbocycles. The van der Waals surface area contributed by atoms with Gasteiger partial charge >= 0.3 is 5.97 Å². The molecule has 27 heavy (non-hydrogen) atoms. The number of aliphatic carboxylic acids is 1. The predicted molar refractivity (Wildman–Crippen MR) is 83.2 cm³/mol. The number of carboxylic acids is 1. The zero-order chi connectivity index (χ0) is 20.5. The van der Waals surface area contributed by atoms with Crippen molar-refractivity contribution in [2.24, 2.45) is 5.92 Å². The molecule has 0 saturated carbocycles. The molecular formula is C15H26O12. The molecule has 2 rings (SSSR count). The maximum absolute atomic E-state index is 11.1. The molecule has 0 aromatic rings. The Morgan fingerprint density at radius 3 is 2.00 bits per heavy atom. The van der Waals surface area contributed by atoms with Crippen molar-refractivity contribution >= 4 is 5.97 Å². The van der Waals surface area contributed by atoms with Gasteiger partial charge in [-0.25, -0.2) is 0 Å². The lowest BCUT2D eigenvalue weighted by molar-refractivity contribution is -0.343. The fourth-order valence-electron chi connectivity index (χ4n) is 3.17. The molecule has 0 bridgehead atoms. The van der Waals surface area contributed by atoms with E-state index in [2.05, 4.69) is 0 Å². The highest BCUT2D eigenvalue weighted by Gasteiger charge is 2.51. The second-order valence-electron chi connectivity index (χ2n) is 6.73. The van der Waals surface area contributed by atoms with Crippen molar-refractivity contribution in [2.75, 3.05) is 13.2 Å². The summed E-state index contributed by atoms with van der Waals surface area (Å²) in [4.78, 5) is 11.1. The fourth-order valence-corrected chi connectivity index (χ4v) is 3.17. The van der Waals surface area contributed by atoms with Crippen LogP contribution < -0.4 is 0 Å². The van der Waals surface area contributed by atoms with Crippen molar-refractivity contribution in [2.45, 2.75) is 68.1 Å². The fraction of sp³-hybridized carbons (Fsp3) is 0.933. The Morgan fingerprint density at radius 1 is 0.889 bits per heavy atom. The van der Waals surface area contributed by atoms with Crippen LogP contribution in [0, 0.1) is 5.92 Å². The summed E-state index contributed by atoms with van der Waals surface area (Å²) in [7, 11) is 0. The molecule has 158 valence electrons. The maximum Gasteiger partial charge on any atom is 0.308 e. The first-order valence-corrected chi connectivity index (χ1v) is 8.45. The van der Waals surface area contributed by atoms with Gasteiger partial charge in [0.1, 0.15) is 48.8 Å². The maximum atomic E-state index is 11.1. The molecule has 12 nitrogen and oxygen atoms in total. The standard InChI is InChI=1S/C15H26O12/c1-4(14(23)24)12-9(20)10(21)13(6(3-17)25-12)27-15-11(22)8(19)7(18)5(2-16)26-15/h4-13,15-22H,2-3H2,1H3,(H,23,24)/t4?,5-,6-,7+,8+,9-,10-,11-,12?,13-,15?/m1/s1. The zero-order valence-corrected chi connectivity index (χ0v) is 14.5. The summed E-state index contributed by atoms with van der Waals surface area (Å²) in [6, 6.07) is 0. The van der Waals surface area contributed by atoms with E-state index in [1.807, 2.05) is 0 Å². The minimum absolute atomic E-state index is 0.696. The molecule has 0 aromatic heterocycles. The van der Waals surface area contributed by atoms with Crippen LogP contribution >= 0.6 is 0 Å². The number of hydrogen-bond donors (Lipinski definition) is 8. The van der Waals surface area contributed by atoms with Gasteiger partial charge in [0.2, 0.25) is 0 Å². The van der Waals surface area contributed by atoms with Gasteiger partial charge < -0.3 is 55.1 Å². The summed E-state index contributed by atoms with van der Waals surface area (Å²) >= 11 is 0. The second kappa shape index (κ2) is 9.05. The van der Waals surface area contributed by atoms with E-state index in [9.17, 15) is 40.5 Å². The van der Waals surface area contributed by atoms with Crippen LogP contribution in [0.4, 0.5) is 0 Å². The Kier molecular flexibility index (Phi) is 7.49. The Hall–Kier alpha value is -0.930. The van der Waals surface area contributed by atoms with Gasteiger partial charge in [0.05, 0.1) is 25.2 Å². The van der Waals surface area contributed by atoms with Gasteiger partial charge in [0, 0.05) is 0 Å².